The smallest absolute Gasteiger partial charge is 0.0476 e. The van der Waals surface area contributed by atoms with Gasteiger partial charge in [-0.05, 0) is 36.7 Å². The van der Waals surface area contributed by atoms with Crippen molar-refractivity contribution in [3.05, 3.63) is 35.9 Å². The molecule has 21 heavy (non-hydrogen) atoms. The van der Waals surface area contributed by atoms with Crippen molar-refractivity contribution in [3.63, 3.8) is 0 Å². The molecule has 1 aromatic rings. The first-order chi connectivity index (χ1) is 9.97. The molecule has 2 heteroatoms. The van der Waals surface area contributed by atoms with Gasteiger partial charge in [-0.2, -0.15) is 0 Å². The molecule has 2 fully saturated rings. The Bertz CT molecular complexity index is 458. The minimum absolute atomic E-state index is 0.323. The summed E-state index contributed by atoms with van der Waals surface area (Å²) in [6.45, 7) is 11.7. The SMILES string of the molecule is CC(C1CC1)N1CC(C(C)(C)C)NCC1c1ccccc1. The van der Waals surface area contributed by atoms with Gasteiger partial charge in [0.2, 0.25) is 0 Å². The number of rotatable bonds is 3. The lowest BCUT2D eigenvalue weighted by Crippen LogP contribution is -2.59. The molecule has 0 bridgehead atoms. The van der Waals surface area contributed by atoms with Crippen LogP contribution in [0.25, 0.3) is 0 Å². The second kappa shape index (κ2) is 5.73. The van der Waals surface area contributed by atoms with Crippen molar-refractivity contribution in [2.45, 2.75) is 58.7 Å². The van der Waals surface area contributed by atoms with Gasteiger partial charge in [0.25, 0.3) is 0 Å². The van der Waals surface area contributed by atoms with E-state index in [0.717, 1.165) is 12.5 Å². The third-order valence-electron chi connectivity index (χ3n) is 5.41. The van der Waals surface area contributed by atoms with Crippen molar-refractivity contribution in [1.82, 2.24) is 10.2 Å². The summed E-state index contributed by atoms with van der Waals surface area (Å²) in [6.07, 6.45) is 2.85. The monoisotopic (exact) mass is 286 g/mol. The van der Waals surface area contributed by atoms with Gasteiger partial charge in [-0.1, -0.05) is 51.1 Å². The van der Waals surface area contributed by atoms with Crippen LogP contribution >= 0.6 is 0 Å². The lowest BCUT2D eigenvalue weighted by molar-refractivity contribution is 0.0470. The first-order valence-electron chi connectivity index (χ1n) is 8.51. The quantitative estimate of drug-likeness (QED) is 0.908. The van der Waals surface area contributed by atoms with Crippen LogP contribution in [-0.4, -0.2) is 30.1 Å². The zero-order chi connectivity index (χ0) is 15.0. The Morgan fingerprint density at radius 2 is 1.81 bits per heavy atom. The first-order valence-corrected chi connectivity index (χ1v) is 8.51. The van der Waals surface area contributed by atoms with Gasteiger partial charge in [-0.25, -0.2) is 0 Å². The van der Waals surface area contributed by atoms with Crippen LogP contribution < -0.4 is 5.32 Å². The van der Waals surface area contributed by atoms with Crippen molar-refractivity contribution in [3.8, 4) is 0 Å². The van der Waals surface area contributed by atoms with E-state index in [-0.39, 0.29) is 0 Å². The molecule has 1 N–H and O–H groups in total. The normalized spacial score (nSPS) is 29.3. The second-order valence-electron chi connectivity index (χ2n) is 8.03. The highest BCUT2D eigenvalue weighted by atomic mass is 15.3. The van der Waals surface area contributed by atoms with E-state index in [1.54, 1.807) is 0 Å². The summed E-state index contributed by atoms with van der Waals surface area (Å²) in [6, 6.07) is 12.9. The van der Waals surface area contributed by atoms with Gasteiger partial charge in [0.1, 0.15) is 0 Å². The molecule has 0 aromatic heterocycles. The number of piperazine rings is 1. The fraction of sp³-hybridized carbons (Fsp3) is 0.684. The molecule has 3 unspecified atom stereocenters. The summed E-state index contributed by atoms with van der Waals surface area (Å²) >= 11 is 0. The van der Waals surface area contributed by atoms with Crippen molar-refractivity contribution in [2.75, 3.05) is 13.1 Å². The predicted octanol–water partition coefficient (Wildman–Crippen LogP) is 3.85. The van der Waals surface area contributed by atoms with Crippen LogP contribution in [0.5, 0.6) is 0 Å². The molecule has 1 heterocycles. The summed E-state index contributed by atoms with van der Waals surface area (Å²) in [7, 11) is 0. The van der Waals surface area contributed by atoms with Crippen molar-refractivity contribution >= 4 is 0 Å². The molecular formula is C19H30N2. The Morgan fingerprint density at radius 3 is 2.38 bits per heavy atom. The Labute approximate surface area is 129 Å². The van der Waals surface area contributed by atoms with Gasteiger partial charge in [0.15, 0.2) is 0 Å². The van der Waals surface area contributed by atoms with Gasteiger partial charge >= 0.3 is 0 Å². The van der Waals surface area contributed by atoms with Crippen LogP contribution in [0.4, 0.5) is 0 Å². The number of nitrogens with zero attached hydrogens (tertiary/aromatic N) is 1. The number of benzene rings is 1. The predicted molar refractivity (Wildman–Crippen MR) is 89.3 cm³/mol. The minimum Gasteiger partial charge on any atom is -0.310 e. The fourth-order valence-corrected chi connectivity index (χ4v) is 3.64. The summed E-state index contributed by atoms with van der Waals surface area (Å²) < 4.78 is 0. The maximum atomic E-state index is 3.81. The van der Waals surface area contributed by atoms with Crippen LogP contribution in [0.1, 0.15) is 52.1 Å². The second-order valence-corrected chi connectivity index (χ2v) is 8.03. The lowest BCUT2D eigenvalue weighted by atomic mass is 9.83. The average Bonchev–Trinajstić information content (AvgIpc) is 3.30. The highest BCUT2D eigenvalue weighted by Crippen LogP contribution is 2.40. The largest absolute Gasteiger partial charge is 0.310 e. The summed E-state index contributed by atoms with van der Waals surface area (Å²) in [5, 5.41) is 3.81. The molecule has 1 aliphatic heterocycles. The van der Waals surface area contributed by atoms with Gasteiger partial charge in [-0.3, -0.25) is 4.90 Å². The van der Waals surface area contributed by atoms with Crippen LogP contribution in [0.15, 0.2) is 30.3 Å². The third-order valence-corrected chi connectivity index (χ3v) is 5.41. The molecule has 1 aliphatic carbocycles. The van der Waals surface area contributed by atoms with E-state index >= 15 is 0 Å². The molecule has 2 aliphatic rings. The minimum atomic E-state index is 0.323. The fourth-order valence-electron chi connectivity index (χ4n) is 3.64. The van der Waals surface area contributed by atoms with Crippen molar-refractivity contribution < 1.29 is 0 Å². The Balaban J connectivity index is 1.82. The molecular weight excluding hydrogens is 256 g/mol. The van der Waals surface area contributed by atoms with E-state index in [9.17, 15) is 0 Å². The third kappa shape index (κ3) is 3.32. The molecule has 116 valence electrons. The summed E-state index contributed by atoms with van der Waals surface area (Å²) in [5.74, 6) is 0.926. The van der Waals surface area contributed by atoms with Gasteiger partial charge < -0.3 is 5.32 Å². The molecule has 0 spiro atoms. The van der Waals surface area contributed by atoms with Gasteiger partial charge in [-0.15, -0.1) is 0 Å². The maximum Gasteiger partial charge on any atom is 0.0476 e. The molecule has 1 saturated carbocycles. The Kier molecular flexibility index (Phi) is 4.11. The standard InChI is InChI=1S/C19H30N2/c1-14(15-10-11-15)21-13-18(19(2,3)4)20-12-17(21)16-8-6-5-7-9-16/h5-9,14-15,17-18,20H,10-13H2,1-4H3. The summed E-state index contributed by atoms with van der Waals surface area (Å²) in [4.78, 5) is 2.78. The molecule has 1 saturated heterocycles. The first kappa shape index (κ1) is 15.1. The molecule has 2 nitrogen and oxygen atoms in total. The van der Waals surface area contributed by atoms with E-state index in [4.69, 9.17) is 0 Å². The van der Waals surface area contributed by atoms with E-state index in [1.165, 1.54) is 24.9 Å². The summed E-state index contributed by atoms with van der Waals surface area (Å²) in [5.41, 5.74) is 1.79. The molecule has 1 aromatic carbocycles. The van der Waals surface area contributed by atoms with Crippen LogP contribution in [0, 0.1) is 11.3 Å². The van der Waals surface area contributed by atoms with E-state index in [1.807, 2.05) is 0 Å². The van der Waals surface area contributed by atoms with E-state index < -0.39 is 0 Å². The van der Waals surface area contributed by atoms with Gasteiger partial charge in [0.05, 0.1) is 0 Å². The zero-order valence-corrected chi connectivity index (χ0v) is 14.0. The molecule has 3 rings (SSSR count). The topological polar surface area (TPSA) is 15.3 Å². The molecule has 3 atom stereocenters. The number of hydrogen-bond acceptors (Lipinski definition) is 2. The Morgan fingerprint density at radius 1 is 1.14 bits per heavy atom. The average molecular weight is 286 g/mol. The van der Waals surface area contributed by atoms with Gasteiger partial charge in [0, 0.05) is 31.2 Å². The van der Waals surface area contributed by atoms with Crippen LogP contribution in [-0.2, 0) is 0 Å². The molecule has 0 amide bonds. The van der Waals surface area contributed by atoms with Crippen LogP contribution in [0.2, 0.25) is 0 Å². The maximum absolute atomic E-state index is 3.81. The van der Waals surface area contributed by atoms with E-state index in [2.05, 4.69) is 68.2 Å². The van der Waals surface area contributed by atoms with Crippen molar-refractivity contribution in [2.24, 2.45) is 11.3 Å². The van der Waals surface area contributed by atoms with Crippen LogP contribution in [0.3, 0.4) is 0 Å². The molecule has 0 radical (unpaired) electrons. The zero-order valence-electron chi connectivity index (χ0n) is 14.0. The number of nitrogens with one attached hydrogen (secondary N) is 1. The van der Waals surface area contributed by atoms with E-state index in [0.29, 0.717) is 23.5 Å². The lowest BCUT2D eigenvalue weighted by Gasteiger charge is -2.48. The Hall–Kier alpha value is -0.860. The highest BCUT2D eigenvalue weighted by molar-refractivity contribution is 5.21. The van der Waals surface area contributed by atoms with Crippen molar-refractivity contribution in [1.29, 1.82) is 0 Å². The number of hydrogen-bond donors (Lipinski definition) is 1. The highest BCUT2D eigenvalue weighted by Gasteiger charge is 2.41.